The summed E-state index contributed by atoms with van der Waals surface area (Å²) in [5.74, 6) is 0.140. The summed E-state index contributed by atoms with van der Waals surface area (Å²) >= 11 is 0. The minimum absolute atomic E-state index is 0.140. The smallest absolute Gasteiger partial charge is 0.274 e. The largest absolute Gasteiger partial charge is 0.337 e. The number of hydrogen-bond donors (Lipinski definition) is 0. The average Bonchev–Trinajstić information content (AvgIpc) is 3.13. The average molecular weight is 290 g/mol. The van der Waals surface area contributed by atoms with Crippen LogP contribution in [0.2, 0.25) is 0 Å². The lowest BCUT2D eigenvalue weighted by atomic mass is 10.0. The molecule has 1 amide bonds. The molecule has 2 aliphatic heterocycles. The fraction of sp³-hybridized carbons (Fsp3) is 0.750. The van der Waals surface area contributed by atoms with Gasteiger partial charge in [0.05, 0.1) is 0 Å². The number of amides is 1. The second-order valence-electron chi connectivity index (χ2n) is 6.40. The van der Waals surface area contributed by atoms with Crippen molar-refractivity contribution >= 4 is 5.91 Å². The lowest BCUT2D eigenvalue weighted by Crippen LogP contribution is -2.37. The van der Waals surface area contributed by atoms with E-state index in [2.05, 4.69) is 30.8 Å². The number of likely N-dealkylation sites (tertiary alicyclic amines) is 1. The maximum Gasteiger partial charge on any atom is 0.274 e. The van der Waals surface area contributed by atoms with Crippen molar-refractivity contribution in [1.82, 2.24) is 19.6 Å². The Balaban J connectivity index is 1.93. The van der Waals surface area contributed by atoms with E-state index in [4.69, 9.17) is 0 Å². The summed E-state index contributed by atoms with van der Waals surface area (Å²) in [7, 11) is 0. The lowest BCUT2D eigenvalue weighted by Gasteiger charge is -2.31. The third-order valence-electron chi connectivity index (χ3n) is 4.79. The molecule has 0 atom stereocenters. The molecule has 21 heavy (non-hydrogen) atoms. The molecule has 0 unspecified atom stereocenters. The molecule has 1 saturated heterocycles. The van der Waals surface area contributed by atoms with Gasteiger partial charge in [0.1, 0.15) is 0 Å². The quantitative estimate of drug-likeness (QED) is 0.854. The first-order chi connectivity index (χ1) is 10.1. The molecule has 0 N–H and O–H groups in total. The summed E-state index contributed by atoms with van der Waals surface area (Å²) in [6.07, 6.45) is 3.25. The molecular formula is C16H26N4O. The molecule has 0 spiro atoms. The van der Waals surface area contributed by atoms with Gasteiger partial charge >= 0.3 is 0 Å². The summed E-state index contributed by atoms with van der Waals surface area (Å²) in [6, 6.07) is 0.512. The van der Waals surface area contributed by atoms with Crippen LogP contribution >= 0.6 is 0 Å². The van der Waals surface area contributed by atoms with Crippen LogP contribution < -0.4 is 0 Å². The second-order valence-corrected chi connectivity index (χ2v) is 6.40. The molecule has 5 heteroatoms. The van der Waals surface area contributed by atoms with E-state index in [0.29, 0.717) is 11.7 Å². The number of hydrogen-bond acceptors (Lipinski definition) is 3. The van der Waals surface area contributed by atoms with Crippen molar-refractivity contribution in [3.05, 3.63) is 17.0 Å². The molecule has 5 nitrogen and oxygen atoms in total. The fourth-order valence-electron chi connectivity index (χ4n) is 3.46. The number of carbonyl (C=O) groups excluding carboxylic acids is 1. The Hall–Kier alpha value is -1.36. The second kappa shape index (κ2) is 5.79. The predicted octanol–water partition coefficient (Wildman–Crippen LogP) is 1.91. The lowest BCUT2D eigenvalue weighted by molar-refractivity contribution is 0.0783. The highest BCUT2D eigenvalue weighted by molar-refractivity contribution is 5.94. The molecule has 3 rings (SSSR count). The summed E-state index contributed by atoms with van der Waals surface area (Å²) in [4.78, 5) is 17.2. The van der Waals surface area contributed by atoms with Crippen molar-refractivity contribution in [3.63, 3.8) is 0 Å². The van der Waals surface area contributed by atoms with E-state index in [1.807, 2.05) is 9.58 Å². The van der Waals surface area contributed by atoms with Crippen LogP contribution in [-0.2, 0) is 19.5 Å². The Bertz CT molecular complexity index is 529. The van der Waals surface area contributed by atoms with Crippen molar-refractivity contribution in [2.45, 2.75) is 59.2 Å². The molecule has 3 heterocycles. The molecule has 0 bridgehead atoms. The molecule has 116 valence electrons. The first-order valence-corrected chi connectivity index (χ1v) is 8.23. The molecule has 0 aliphatic carbocycles. The Labute approximate surface area is 126 Å². The van der Waals surface area contributed by atoms with Gasteiger partial charge in [-0.1, -0.05) is 0 Å². The van der Waals surface area contributed by atoms with E-state index in [9.17, 15) is 4.79 Å². The van der Waals surface area contributed by atoms with Crippen LogP contribution in [0.3, 0.4) is 0 Å². The fourth-order valence-corrected chi connectivity index (χ4v) is 3.46. The zero-order valence-electron chi connectivity index (χ0n) is 13.4. The van der Waals surface area contributed by atoms with Gasteiger partial charge in [-0.25, -0.2) is 0 Å². The Morgan fingerprint density at radius 3 is 2.57 bits per heavy atom. The number of aryl methyl sites for hydroxylation is 1. The molecule has 1 fully saturated rings. The summed E-state index contributed by atoms with van der Waals surface area (Å²) in [5.41, 5.74) is 3.16. The van der Waals surface area contributed by atoms with Crippen molar-refractivity contribution in [2.75, 3.05) is 19.6 Å². The number of rotatable bonds is 3. The van der Waals surface area contributed by atoms with Gasteiger partial charge < -0.3 is 4.90 Å². The number of carbonyl (C=O) groups is 1. The van der Waals surface area contributed by atoms with E-state index in [0.717, 1.165) is 52.0 Å². The Kier molecular flexibility index (Phi) is 4.02. The van der Waals surface area contributed by atoms with Gasteiger partial charge in [-0.05, 0) is 33.6 Å². The molecular weight excluding hydrogens is 264 g/mol. The molecule has 0 aromatic carbocycles. The summed E-state index contributed by atoms with van der Waals surface area (Å²) < 4.78 is 2.04. The van der Waals surface area contributed by atoms with Gasteiger partial charge in [0, 0.05) is 56.4 Å². The SMILES string of the molecule is CCn1nc(C(=O)N2CCCC2)c2c1CCN(C(C)C)C2. The van der Waals surface area contributed by atoms with E-state index < -0.39 is 0 Å². The molecule has 2 aliphatic rings. The van der Waals surface area contributed by atoms with Crippen LogP contribution in [0.15, 0.2) is 0 Å². The maximum atomic E-state index is 12.8. The standard InChI is InChI=1S/C16H26N4O/c1-4-20-14-7-10-19(12(2)3)11-13(14)15(17-20)16(21)18-8-5-6-9-18/h12H,4-11H2,1-3H3. The minimum Gasteiger partial charge on any atom is -0.337 e. The molecule has 1 aromatic heterocycles. The normalized spacial score (nSPS) is 19.3. The van der Waals surface area contributed by atoms with E-state index >= 15 is 0 Å². The van der Waals surface area contributed by atoms with Crippen molar-refractivity contribution in [2.24, 2.45) is 0 Å². The third-order valence-corrected chi connectivity index (χ3v) is 4.79. The van der Waals surface area contributed by atoms with Crippen molar-refractivity contribution in [1.29, 1.82) is 0 Å². The van der Waals surface area contributed by atoms with Gasteiger partial charge in [-0.15, -0.1) is 0 Å². The van der Waals surface area contributed by atoms with Gasteiger partial charge in [0.15, 0.2) is 5.69 Å². The van der Waals surface area contributed by atoms with Crippen LogP contribution in [0.25, 0.3) is 0 Å². The first kappa shape index (κ1) is 14.6. The predicted molar refractivity (Wildman–Crippen MR) is 82.3 cm³/mol. The van der Waals surface area contributed by atoms with Crippen LogP contribution in [0, 0.1) is 0 Å². The zero-order chi connectivity index (χ0) is 15.0. The first-order valence-electron chi connectivity index (χ1n) is 8.23. The van der Waals surface area contributed by atoms with Crippen molar-refractivity contribution < 1.29 is 4.79 Å². The molecule has 0 radical (unpaired) electrons. The summed E-state index contributed by atoms with van der Waals surface area (Å²) in [6.45, 7) is 11.1. The molecule has 0 saturated carbocycles. The van der Waals surface area contributed by atoms with Crippen molar-refractivity contribution in [3.8, 4) is 0 Å². The minimum atomic E-state index is 0.140. The van der Waals surface area contributed by atoms with E-state index in [1.54, 1.807) is 0 Å². The summed E-state index contributed by atoms with van der Waals surface area (Å²) in [5, 5.41) is 4.65. The van der Waals surface area contributed by atoms with Crippen LogP contribution in [0.4, 0.5) is 0 Å². The van der Waals surface area contributed by atoms with Gasteiger partial charge in [-0.2, -0.15) is 5.10 Å². The Morgan fingerprint density at radius 1 is 1.24 bits per heavy atom. The molecule has 1 aromatic rings. The highest BCUT2D eigenvalue weighted by atomic mass is 16.2. The van der Waals surface area contributed by atoms with Crippen LogP contribution in [-0.4, -0.2) is 51.2 Å². The van der Waals surface area contributed by atoms with Gasteiger partial charge in [-0.3, -0.25) is 14.4 Å². The van der Waals surface area contributed by atoms with Crippen LogP contribution in [0.5, 0.6) is 0 Å². The number of aromatic nitrogens is 2. The van der Waals surface area contributed by atoms with E-state index in [1.165, 1.54) is 11.3 Å². The Morgan fingerprint density at radius 2 is 1.95 bits per heavy atom. The van der Waals surface area contributed by atoms with Gasteiger partial charge in [0.25, 0.3) is 5.91 Å². The number of fused-ring (bicyclic) bond motifs is 1. The van der Waals surface area contributed by atoms with Crippen LogP contribution in [0.1, 0.15) is 55.4 Å². The highest BCUT2D eigenvalue weighted by Gasteiger charge is 2.31. The third kappa shape index (κ3) is 2.59. The topological polar surface area (TPSA) is 41.4 Å². The number of nitrogens with zero attached hydrogens (tertiary/aromatic N) is 4. The monoisotopic (exact) mass is 290 g/mol. The highest BCUT2D eigenvalue weighted by Crippen LogP contribution is 2.26. The maximum absolute atomic E-state index is 12.8. The zero-order valence-corrected chi connectivity index (χ0v) is 13.4. The van der Waals surface area contributed by atoms with Gasteiger partial charge in [0.2, 0.25) is 0 Å². The van der Waals surface area contributed by atoms with E-state index in [-0.39, 0.29) is 5.91 Å².